The maximum Gasteiger partial charge on any atom is 0.0243 e. The smallest absolute Gasteiger partial charge is 0.0243 e. The molecule has 3 heteroatoms. The van der Waals surface area contributed by atoms with Crippen molar-refractivity contribution in [2.24, 2.45) is 5.41 Å². The lowest BCUT2D eigenvalue weighted by Gasteiger charge is -2.35. The number of hydrogen-bond donors (Lipinski definition) is 1. The van der Waals surface area contributed by atoms with E-state index in [0.29, 0.717) is 11.5 Å². The molecule has 1 saturated heterocycles. The van der Waals surface area contributed by atoms with Gasteiger partial charge in [-0.3, -0.25) is 0 Å². The first-order valence-corrected chi connectivity index (χ1v) is 8.07. The first-order chi connectivity index (χ1) is 8.93. The second-order valence-corrected chi connectivity index (χ2v) is 7.18. The monoisotopic (exact) mass is 269 g/mol. The van der Waals surface area contributed by atoms with Crippen molar-refractivity contribution in [3.05, 3.63) is 0 Å². The van der Waals surface area contributed by atoms with Gasteiger partial charge >= 0.3 is 0 Å². The largest absolute Gasteiger partial charge is 0.312 e. The van der Waals surface area contributed by atoms with Crippen molar-refractivity contribution in [2.75, 3.05) is 46.3 Å². The van der Waals surface area contributed by atoms with Gasteiger partial charge in [-0.05, 0) is 51.4 Å². The van der Waals surface area contributed by atoms with Crippen LogP contribution in [0.15, 0.2) is 0 Å². The lowest BCUT2D eigenvalue weighted by Crippen LogP contribution is -2.49. The van der Waals surface area contributed by atoms with Crippen LogP contribution in [0.25, 0.3) is 0 Å². The van der Waals surface area contributed by atoms with Crippen LogP contribution in [-0.4, -0.2) is 62.2 Å². The number of rotatable bonds is 8. The molecule has 0 radical (unpaired) electrons. The van der Waals surface area contributed by atoms with Gasteiger partial charge in [0, 0.05) is 25.7 Å². The summed E-state index contributed by atoms with van der Waals surface area (Å²) in [5.74, 6) is 0. The summed E-state index contributed by atoms with van der Waals surface area (Å²) in [6, 6.07) is 0.580. The van der Waals surface area contributed by atoms with Crippen LogP contribution in [0.2, 0.25) is 0 Å². The molecule has 19 heavy (non-hydrogen) atoms. The molecule has 0 aromatic carbocycles. The van der Waals surface area contributed by atoms with Crippen molar-refractivity contribution < 1.29 is 0 Å². The number of nitrogens with zero attached hydrogens (tertiary/aromatic N) is 2. The SMILES string of the molecule is CCCNC(CN(C)CCN1CCCC1)C(C)(C)C. The fourth-order valence-corrected chi connectivity index (χ4v) is 2.68. The molecule has 0 spiro atoms. The first-order valence-electron chi connectivity index (χ1n) is 8.07. The zero-order valence-corrected chi connectivity index (χ0v) is 13.8. The Kier molecular flexibility index (Phi) is 7.33. The summed E-state index contributed by atoms with van der Waals surface area (Å²) >= 11 is 0. The van der Waals surface area contributed by atoms with Gasteiger partial charge in [-0.2, -0.15) is 0 Å². The number of likely N-dealkylation sites (N-methyl/N-ethyl adjacent to an activating group) is 1. The molecule has 0 bridgehead atoms. The van der Waals surface area contributed by atoms with Gasteiger partial charge in [-0.25, -0.2) is 0 Å². The van der Waals surface area contributed by atoms with Gasteiger partial charge in [0.15, 0.2) is 0 Å². The average molecular weight is 269 g/mol. The van der Waals surface area contributed by atoms with Gasteiger partial charge in [0.2, 0.25) is 0 Å². The van der Waals surface area contributed by atoms with Crippen LogP contribution in [0.1, 0.15) is 47.0 Å². The van der Waals surface area contributed by atoms with Crippen molar-refractivity contribution in [3.63, 3.8) is 0 Å². The second kappa shape index (κ2) is 8.23. The molecule has 0 aromatic heterocycles. The molecule has 1 aliphatic heterocycles. The summed E-state index contributed by atoms with van der Waals surface area (Å²) in [7, 11) is 2.27. The maximum atomic E-state index is 3.71. The fourth-order valence-electron chi connectivity index (χ4n) is 2.68. The summed E-state index contributed by atoms with van der Waals surface area (Å²) in [5, 5.41) is 3.71. The topological polar surface area (TPSA) is 18.5 Å². The van der Waals surface area contributed by atoms with Crippen molar-refractivity contribution >= 4 is 0 Å². The number of hydrogen-bond acceptors (Lipinski definition) is 3. The third kappa shape index (κ3) is 6.73. The third-order valence-corrected chi connectivity index (χ3v) is 4.18. The molecular formula is C16H35N3. The van der Waals surface area contributed by atoms with E-state index in [4.69, 9.17) is 0 Å². The van der Waals surface area contributed by atoms with Crippen molar-refractivity contribution in [1.82, 2.24) is 15.1 Å². The van der Waals surface area contributed by atoms with E-state index in [1.165, 1.54) is 45.4 Å². The van der Waals surface area contributed by atoms with E-state index < -0.39 is 0 Å². The lowest BCUT2D eigenvalue weighted by molar-refractivity contribution is 0.180. The Bertz CT molecular complexity index is 229. The zero-order valence-electron chi connectivity index (χ0n) is 13.8. The van der Waals surface area contributed by atoms with Crippen molar-refractivity contribution in [1.29, 1.82) is 0 Å². The fraction of sp³-hybridized carbons (Fsp3) is 1.00. The van der Waals surface area contributed by atoms with E-state index in [9.17, 15) is 0 Å². The minimum absolute atomic E-state index is 0.330. The predicted octanol–water partition coefficient (Wildman–Crippen LogP) is 2.43. The van der Waals surface area contributed by atoms with E-state index in [-0.39, 0.29) is 0 Å². The van der Waals surface area contributed by atoms with Gasteiger partial charge in [0.1, 0.15) is 0 Å². The number of nitrogens with one attached hydrogen (secondary N) is 1. The standard InChI is InChI=1S/C16H35N3/c1-6-9-17-15(16(2,3)4)14-18(5)12-13-19-10-7-8-11-19/h15,17H,6-14H2,1-5H3. The Morgan fingerprint density at radius 1 is 1.21 bits per heavy atom. The Morgan fingerprint density at radius 2 is 1.84 bits per heavy atom. The molecule has 1 aliphatic rings. The lowest BCUT2D eigenvalue weighted by atomic mass is 9.86. The molecule has 1 heterocycles. The Balaban J connectivity index is 2.30. The molecule has 114 valence electrons. The minimum Gasteiger partial charge on any atom is -0.312 e. The predicted molar refractivity (Wildman–Crippen MR) is 84.7 cm³/mol. The molecule has 0 aliphatic carbocycles. The van der Waals surface area contributed by atoms with Crippen LogP contribution < -0.4 is 5.32 Å². The van der Waals surface area contributed by atoms with Gasteiger partial charge in [0.05, 0.1) is 0 Å². The third-order valence-electron chi connectivity index (χ3n) is 4.18. The highest BCUT2D eigenvalue weighted by molar-refractivity contribution is 4.83. The number of likely N-dealkylation sites (tertiary alicyclic amines) is 1. The van der Waals surface area contributed by atoms with E-state index in [0.717, 1.165) is 13.1 Å². The molecule has 1 fully saturated rings. The van der Waals surface area contributed by atoms with Crippen molar-refractivity contribution in [2.45, 2.75) is 53.0 Å². The Labute approximate surface area is 120 Å². The van der Waals surface area contributed by atoms with E-state index in [2.05, 4.69) is 49.9 Å². The Morgan fingerprint density at radius 3 is 2.37 bits per heavy atom. The van der Waals surface area contributed by atoms with Crippen LogP contribution in [0, 0.1) is 5.41 Å². The average Bonchev–Trinajstić information content (AvgIpc) is 2.83. The van der Waals surface area contributed by atoms with E-state index >= 15 is 0 Å². The molecule has 3 nitrogen and oxygen atoms in total. The van der Waals surface area contributed by atoms with E-state index in [1.807, 2.05) is 0 Å². The molecular weight excluding hydrogens is 234 g/mol. The molecule has 1 rings (SSSR count). The van der Waals surface area contributed by atoms with Crippen LogP contribution in [-0.2, 0) is 0 Å². The zero-order chi connectivity index (χ0) is 14.3. The van der Waals surface area contributed by atoms with Crippen molar-refractivity contribution in [3.8, 4) is 0 Å². The molecule has 0 saturated carbocycles. The van der Waals surface area contributed by atoms with Crippen LogP contribution in [0.4, 0.5) is 0 Å². The second-order valence-electron chi connectivity index (χ2n) is 7.18. The summed E-state index contributed by atoms with van der Waals surface area (Å²) in [5.41, 5.74) is 0.330. The normalized spacial score (nSPS) is 19.3. The van der Waals surface area contributed by atoms with Gasteiger partial charge in [0.25, 0.3) is 0 Å². The summed E-state index contributed by atoms with van der Waals surface area (Å²) < 4.78 is 0. The summed E-state index contributed by atoms with van der Waals surface area (Å²) in [4.78, 5) is 5.10. The molecule has 0 amide bonds. The van der Waals surface area contributed by atoms with Crippen LogP contribution >= 0.6 is 0 Å². The summed E-state index contributed by atoms with van der Waals surface area (Å²) in [6.45, 7) is 16.6. The van der Waals surface area contributed by atoms with Crippen LogP contribution in [0.3, 0.4) is 0 Å². The Hall–Kier alpha value is -0.120. The van der Waals surface area contributed by atoms with Gasteiger partial charge in [-0.15, -0.1) is 0 Å². The summed E-state index contributed by atoms with van der Waals surface area (Å²) in [6.07, 6.45) is 4.00. The molecule has 0 aromatic rings. The highest BCUT2D eigenvalue weighted by Crippen LogP contribution is 2.20. The maximum absolute atomic E-state index is 3.71. The molecule has 1 atom stereocenters. The minimum atomic E-state index is 0.330. The molecule has 1 unspecified atom stereocenters. The highest BCUT2D eigenvalue weighted by Gasteiger charge is 2.25. The highest BCUT2D eigenvalue weighted by atomic mass is 15.2. The first kappa shape index (κ1) is 16.9. The van der Waals surface area contributed by atoms with Gasteiger partial charge < -0.3 is 15.1 Å². The van der Waals surface area contributed by atoms with Gasteiger partial charge in [-0.1, -0.05) is 27.7 Å². The quantitative estimate of drug-likeness (QED) is 0.730. The van der Waals surface area contributed by atoms with Crippen LogP contribution in [0.5, 0.6) is 0 Å². The molecule has 1 N–H and O–H groups in total. The van der Waals surface area contributed by atoms with E-state index in [1.54, 1.807) is 0 Å².